The average Bonchev–Trinajstić information content (AvgIpc) is 2.19. The van der Waals surface area contributed by atoms with Crippen LogP contribution in [0.4, 0.5) is 5.69 Å². The maximum absolute atomic E-state index is 2.62. The molecule has 0 bridgehead atoms. The van der Waals surface area contributed by atoms with E-state index < -0.39 is 0 Å². The van der Waals surface area contributed by atoms with Crippen molar-refractivity contribution in [1.29, 1.82) is 0 Å². The summed E-state index contributed by atoms with van der Waals surface area (Å²) in [7, 11) is 1.39. The minimum absolute atomic E-state index is 0.0215. The van der Waals surface area contributed by atoms with E-state index in [-0.39, 0.29) is 9.68 Å². The standard InChI is InChI=1S/C10H19NSi2/c1-2-8-11(13-9-12)10-6-4-3-5-7-10/h3-7H,2,8-9,13H2,1,12H3. The van der Waals surface area contributed by atoms with Gasteiger partial charge in [-0.15, -0.1) is 0 Å². The van der Waals surface area contributed by atoms with Gasteiger partial charge < -0.3 is 4.57 Å². The van der Waals surface area contributed by atoms with Crippen LogP contribution in [-0.4, -0.2) is 26.5 Å². The molecular formula is C10H19NSi2. The molecule has 0 fully saturated rings. The molecule has 0 aromatic heterocycles. The molecule has 1 rings (SSSR count). The fourth-order valence-electron chi connectivity index (χ4n) is 1.55. The van der Waals surface area contributed by atoms with Crippen LogP contribution in [0.25, 0.3) is 0 Å². The summed E-state index contributed by atoms with van der Waals surface area (Å²) in [5.41, 5.74) is 2.93. The number of hydrogen-bond acceptors (Lipinski definition) is 1. The Balaban J connectivity index is 2.64. The third kappa shape index (κ3) is 3.36. The Hall–Kier alpha value is -0.546. The molecule has 13 heavy (non-hydrogen) atoms. The number of para-hydroxylation sites is 1. The van der Waals surface area contributed by atoms with Gasteiger partial charge in [-0.3, -0.25) is 0 Å². The zero-order valence-corrected chi connectivity index (χ0v) is 12.1. The second kappa shape index (κ2) is 5.99. The van der Waals surface area contributed by atoms with Gasteiger partial charge in [0, 0.05) is 22.5 Å². The molecule has 0 aliphatic carbocycles. The summed E-state index contributed by atoms with van der Waals surface area (Å²) in [5, 5.41) is 0. The van der Waals surface area contributed by atoms with Crippen molar-refractivity contribution in [2.75, 3.05) is 11.1 Å². The molecule has 0 amide bonds. The average molecular weight is 209 g/mol. The molecular weight excluding hydrogens is 190 g/mol. The van der Waals surface area contributed by atoms with Crippen LogP contribution in [0.15, 0.2) is 30.3 Å². The number of anilines is 1. The van der Waals surface area contributed by atoms with E-state index >= 15 is 0 Å². The van der Waals surface area contributed by atoms with Gasteiger partial charge >= 0.3 is 0 Å². The Morgan fingerprint density at radius 3 is 2.54 bits per heavy atom. The quantitative estimate of drug-likeness (QED) is 0.646. The van der Waals surface area contributed by atoms with E-state index in [4.69, 9.17) is 0 Å². The van der Waals surface area contributed by atoms with Crippen molar-refractivity contribution in [2.24, 2.45) is 0 Å². The van der Waals surface area contributed by atoms with Crippen molar-refractivity contribution < 1.29 is 0 Å². The van der Waals surface area contributed by atoms with Crippen molar-refractivity contribution in [3.63, 3.8) is 0 Å². The number of benzene rings is 1. The molecule has 0 aliphatic heterocycles. The Labute approximate surface area is 86.5 Å². The number of rotatable bonds is 5. The Kier molecular flexibility index (Phi) is 4.85. The lowest BCUT2D eigenvalue weighted by atomic mass is 10.3. The Morgan fingerprint density at radius 1 is 1.31 bits per heavy atom. The lowest BCUT2D eigenvalue weighted by Gasteiger charge is -2.23. The number of nitrogens with zero attached hydrogens (tertiary/aromatic N) is 1. The molecule has 1 aromatic carbocycles. The lowest BCUT2D eigenvalue weighted by Crippen LogP contribution is -2.28. The highest BCUT2D eigenvalue weighted by Gasteiger charge is 2.02. The zero-order chi connectivity index (χ0) is 9.52. The predicted molar refractivity (Wildman–Crippen MR) is 67.4 cm³/mol. The Bertz CT molecular complexity index is 220. The summed E-state index contributed by atoms with van der Waals surface area (Å²) >= 11 is 0. The van der Waals surface area contributed by atoms with Crippen LogP contribution in [0.2, 0.25) is 5.67 Å². The smallest absolute Gasteiger partial charge is 0.120 e. The summed E-state index contributed by atoms with van der Waals surface area (Å²) in [5.74, 6) is 0. The van der Waals surface area contributed by atoms with Gasteiger partial charge in [0.25, 0.3) is 0 Å². The number of hydrogen-bond donors (Lipinski definition) is 0. The van der Waals surface area contributed by atoms with E-state index in [1.807, 2.05) is 0 Å². The molecule has 0 spiro atoms. The molecule has 1 aromatic rings. The van der Waals surface area contributed by atoms with Crippen LogP contribution < -0.4 is 4.57 Å². The van der Waals surface area contributed by atoms with E-state index in [0.29, 0.717) is 0 Å². The topological polar surface area (TPSA) is 3.24 Å². The van der Waals surface area contributed by atoms with Gasteiger partial charge in [-0.2, -0.15) is 0 Å². The van der Waals surface area contributed by atoms with Crippen molar-refractivity contribution in [2.45, 2.75) is 19.0 Å². The van der Waals surface area contributed by atoms with Crippen LogP contribution in [0.5, 0.6) is 0 Å². The fraction of sp³-hybridized carbons (Fsp3) is 0.400. The first kappa shape index (κ1) is 10.5. The maximum atomic E-state index is 2.62. The minimum atomic E-state index is 0.0215. The van der Waals surface area contributed by atoms with Crippen molar-refractivity contribution in [1.82, 2.24) is 0 Å². The van der Waals surface area contributed by atoms with Crippen LogP contribution >= 0.6 is 0 Å². The molecule has 72 valence electrons. The molecule has 0 N–H and O–H groups in total. The van der Waals surface area contributed by atoms with Crippen molar-refractivity contribution in [3.8, 4) is 0 Å². The molecule has 3 heteroatoms. The highest BCUT2D eigenvalue weighted by Crippen LogP contribution is 2.12. The second-order valence-corrected chi connectivity index (χ2v) is 8.53. The molecule has 0 heterocycles. The summed E-state index contributed by atoms with van der Waals surface area (Å²) in [4.78, 5) is 0. The van der Waals surface area contributed by atoms with Crippen LogP contribution in [0.3, 0.4) is 0 Å². The predicted octanol–water partition coefficient (Wildman–Crippen LogP) is 0.728. The van der Waals surface area contributed by atoms with Gasteiger partial charge in [0.05, 0.1) is 0 Å². The van der Waals surface area contributed by atoms with E-state index in [9.17, 15) is 0 Å². The third-order valence-corrected chi connectivity index (χ3v) is 5.12. The zero-order valence-electron chi connectivity index (χ0n) is 8.66. The fourth-order valence-corrected chi connectivity index (χ4v) is 4.72. The second-order valence-electron chi connectivity index (χ2n) is 3.32. The molecule has 0 aliphatic rings. The van der Waals surface area contributed by atoms with Crippen molar-refractivity contribution >= 4 is 25.6 Å². The lowest BCUT2D eigenvalue weighted by molar-refractivity contribution is 0.918. The molecule has 0 unspecified atom stereocenters. The van der Waals surface area contributed by atoms with Gasteiger partial charge in [-0.05, 0) is 18.6 Å². The van der Waals surface area contributed by atoms with E-state index in [0.717, 1.165) is 0 Å². The van der Waals surface area contributed by atoms with Gasteiger partial charge in [0.1, 0.15) is 9.68 Å². The minimum Gasteiger partial charge on any atom is -0.404 e. The summed E-state index contributed by atoms with van der Waals surface area (Å²) in [6.07, 6.45) is 1.27. The summed E-state index contributed by atoms with van der Waals surface area (Å²) in [6, 6.07) is 10.8. The SMILES string of the molecule is CCCN([SiH2]C[SiH3])c1ccccc1. The first-order valence-electron chi connectivity index (χ1n) is 5.18. The molecule has 0 radical (unpaired) electrons. The monoisotopic (exact) mass is 209 g/mol. The van der Waals surface area contributed by atoms with E-state index in [2.05, 4.69) is 41.8 Å². The van der Waals surface area contributed by atoms with Gasteiger partial charge in [0.2, 0.25) is 0 Å². The van der Waals surface area contributed by atoms with Crippen LogP contribution in [0.1, 0.15) is 13.3 Å². The molecule has 1 nitrogen and oxygen atoms in total. The highest BCUT2D eigenvalue weighted by atomic mass is 28.3. The van der Waals surface area contributed by atoms with E-state index in [1.54, 1.807) is 0 Å². The Morgan fingerprint density at radius 2 is 2.00 bits per heavy atom. The van der Waals surface area contributed by atoms with Crippen molar-refractivity contribution in [3.05, 3.63) is 30.3 Å². The largest absolute Gasteiger partial charge is 0.404 e. The van der Waals surface area contributed by atoms with Crippen LogP contribution in [0, 0.1) is 0 Å². The molecule has 0 atom stereocenters. The third-order valence-electron chi connectivity index (χ3n) is 2.11. The molecule has 0 saturated heterocycles. The molecule has 0 saturated carbocycles. The van der Waals surface area contributed by atoms with Gasteiger partial charge in [0.15, 0.2) is 0 Å². The summed E-state index contributed by atoms with van der Waals surface area (Å²) < 4.78 is 2.62. The highest BCUT2D eigenvalue weighted by molar-refractivity contribution is 6.51. The first-order valence-corrected chi connectivity index (χ1v) is 8.23. The summed E-state index contributed by atoms with van der Waals surface area (Å²) in [6.45, 7) is 3.51. The van der Waals surface area contributed by atoms with Crippen LogP contribution in [-0.2, 0) is 0 Å². The van der Waals surface area contributed by atoms with Gasteiger partial charge in [-0.1, -0.05) is 30.8 Å². The normalized spacial score (nSPS) is 11.2. The van der Waals surface area contributed by atoms with Gasteiger partial charge in [-0.25, -0.2) is 0 Å². The van der Waals surface area contributed by atoms with E-state index in [1.165, 1.54) is 34.6 Å². The first-order chi connectivity index (χ1) is 6.38. The maximum Gasteiger partial charge on any atom is 0.120 e.